The lowest BCUT2D eigenvalue weighted by Gasteiger charge is -2.20. The van der Waals surface area contributed by atoms with E-state index in [-0.39, 0.29) is 13.0 Å². The first-order valence-corrected chi connectivity index (χ1v) is 21.0. The van der Waals surface area contributed by atoms with Crippen LogP contribution in [0.5, 0.6) is 0 Å². The Balaban J connectivity index is 4.41. The van der Waals surface area contributed by atoms with Crippen LogP contribution in [0.4, 0.5) is 0 Å². The van der Waals surface area contributed by atoms with Crippen LogP contribution in [0.25, 0.3) is 0 Å². The maximum Gasteiger partial charge on any atom is 0.472 e. The molecule has 0 saturated carbocycles. The van der Waals surface area contributed by atoms with Crippen LogP contribution in [0.3, 0.4) is 0 Å². The van der Waals surface area contributed by atoms with Crippen LogP contribution in [-0.2, 0) is 32.7 Å². The number of carboxylic acids is 1. The minimum atomic E-state index is -4.63. The Labute approximate surface area is 314 Å². The molecule has 0 fully saturated rings. The highest BCUT2D eigenvalue weighted by molar-refractivity contribution is 7.47. The van der Waals surface area contributed by atoms with Gasteiger partial charge in [0.1, 0.15) is 12.1 Å². The first kappa shape index (κ1) is 49.4. The van der Waals surface area contributed by atoms with E-state index in [4.69, 9.17) is 24.8 Å². The van der Waals surface area contributed by atoms with Crippen molar-refractivity contribution in [2.75, 3.05) is 26.4 Å². The summed E-state index contributed by atoms with van der Waals surface area (Å²) in [4.78, 5) is 33.4. The molecule has 0 aromatic carbocycles. The van der Waals surface area contributed by atoms with Crippen LogP contribution in [0.1, 0.15) is 136 Å². The quantitative estimate of drug-likeness (QED) is 0.0244. The Kier molecular flexibility index (Phi) is 34.9. The lowest BCUT2D eigenvalue weighted by Crippen LogP contribution is -2.34. The first-order chi connectivity index (χ1) is 25.2. The lowest BCUT2D eigenvalue weighted by molar-refractivity contribution is -0.154. The Morgan fingerprint density at radius 1 is 0.635 bits per heavy atom. The number of aliphatic carboxylic acids is 1. The topological polar surface area (TPSA) is 155 Å². The summed E-state index contributed by atoms with van der Waals surface area (Å²) in [5.41, 5.74) is 5.34. The number of allylic oxidation sites excluding steroid dienone is 12. The van der Waals surface area contributed by atoms with Gasteiger partial charge in [0.25, 0.3) is 0 Å². The lowest BCUT2D eigenvalue weighted by atomic mass is 10.1. The molecule has 0 heterocycles. The van der Waals surface area contributed by atoms with E-state index in [1.54, 1.807) is 0 Å². The van der Waals surface area contributed by atoms with E-state index < -0.39 is 45.1 Å². The molecular formula is C41H70NO9P. The second kappa shape index (κ2) is 36.8. The molecule has 3 unspecified atom stereocenters. The summed E-state index contributed by atoms with van der Waals surface area (Å²) in [5, 5.41) is 8.87. The number of phosphoric acid groups is 1. The third kappa shape index (κ3) is 35.8. The minimum absolute atomic E-state index is 0.0146. The van der Waals surface area contributed by atoms with Crippen LogP contribution in [0.2, 0.25) is 0 Å². The number of unbranched alkanes of at least 4 members (excludes halogenated alkanes) is 10. The van der Waals surface area contributed by atoms with Crippen molar-refractivity contribution in [2.45, 2.75) is 148 Å². The summed E-state index contributed by atoms with van der Waals surface area (Å²) < 4.78 is 33.2. The first-order valence-electron chi connectivity index (χ1n) is 19.5. The van der Waals surface area contributed by atoms with Crippen molar-refractivity contribution in [1.29, 1.82) is 0 Å². The number of carbonyl (C=O) groups excluding carboxylic acids is 1. The third-order valence-electron chi connectivity index (χ3n) is 7.72. The average Bonchev–Trinajstić information content (AvgIpc) is 3.12. The van der Waals surface area contributed by atoms with Crippen LogP contribution in [0, 0.1) is 0 Å². The number of hydrogen-bond donors (Lipinski definition) is 3. The van der Waals surface area contributed by atoms with Crippen molar-refractivity contribution in [3.05, 3.63) is 72.9 Å². The summed E-state index contributed by atoms with van der Waals surface area (Å²) in [6.07, 6.45) is 43.8. The minimum Gasteiger partial charge on any atom is -0.480 e. The Hall–Kier alpha value is -2.59. The second-order valence-corrected chi connectivity index (χ2v) is 14.1. The molecule has 0 aromatic rings. The fourth-order valence-electron chi connectivity index (χ4n) is 4.67. The van der Waals surface area contributed by atoms with Crippen molar-refractivity contribution in [2.24, 2.45) is 5.73 Å². The van der Waals surface area contributed by atoms with Gasteiger partial charge in [-0.05, 0) is 77.0 Å². The number of rotatable bonds is 36. The largest absolute Gasteiger partial charge is 0.480 e. The zero-order chi connectivity index (χ0) is 38.4. The van der Waals surface area contributed by atoms with Gasteiger partial charge in [-0.25, -0.2) is 4.57 Å². The molecule has 10 nitrogen and oxygen atoms in total. The van der Waals surface area contributed by atoms with Crippen LogP contribution < -0.4 is 5.73 Å². The molecule has 0 aliphatic heterocycles. The van der Waals surface area contributed by atoms with Crippen molar-refractivity contribution < 1.29 is 42.7 Å². The number of nitrogens with two attached hydrogens (primary N) is 1. The van der Waals surface area contributed by atoms with Gasteiger partial charge >= 0.3 is 19.8 Å². The Bertz CT molecular complexity index is 1100. The van der Waals surface area contributed by atoms with Crippen molar-refractivity contribution in [3.63, 3.8) is 0 Å². The van der Waals surface area contributed by atoms with E-state index in [0.717, 1.165) is 96.3 Å². The number of esters is 1. The fraction of sp³-hybridized carbons (Fsp3) is 0.659. The van der Waals surface area contributed by atoms with Gasteiger partial charge in [0, 0.05) is 13.0 Å². The summed E-state index contributed by atoms with van der Waals surface area (Å²) in [6, 6.07) is -1.48. The molecule has 0 spiro atoms. The molecule has 0 bridgehead atoms. The molecule has 52 heavy (non-hydrogen) atoms. The smallest absolute Gasteiger partial charge is 0.472 e. The second-order valence-electron chi connectivity index (χ2n) is 12.7. The molecule has 0 aliphatic carbocycles. The molecule has 0 amide bonds. The van der Waals surface area contributed by atoms with Gasteiger partial charge < -0.3 is 25.2 Å². The van der Waals surface area contributed by atoms with Gasteiger partial charge in [0.15, 0.2) is 0 Å². The van der Waals surface area contributed by atoms with Crippen molar-refractivity contribution in [3.8, 4) is 0 Å². The Morgan fingerprint density at radius 2 is 1.12 bits per heavy atom. The molecule has 0 saturated heterocycles. The van der Waals surface area contributed by atoms with Crippen LogP contribution in [-0.4, -0.2) is 60.5 Å². The maximum atomic E-state index is 12.6. The van der Waals surface area contributed by atoms with Gasteiger partial charge in [-0.15, -0.1) is 0 Å². The fourth-order valence-corrected chi connectivity index (χ4v) is 5.45. The van der Waals surface area contributed by atoms with Crippen molar-refractivity contribution >= 4 is 19.8 Å². The van der Waals surface area contributed by atoms with E-state index in [1.165, 1.54) is 12.8 Å². The Morgan fingerprint density at radius 3 is 1.67 bits per heavy atom. The van der Waals surface area contributed by atoms with Gasteiger partial charge in [-0.3, -0.25) is 18.6 Å². The van der Waals surface area contributed by atoms with E-state index >= 15 is 0 Å². The molecule has 0 rings (SSSR count). The summed E-state index contributed by atoms with van der Waals surface area (Å²) in [5.74, 6) is -1.82. The average molecular weight is 752 g/mol. The van der Waals surface area contributed by atoms with E-state index in [1.807, 2.05) is 0 Å². The highest BCUT2D eigenvalue weighted by Crippen LogP contribution is 2.43. The monoisotopic (exact) mass is 751 g/mol. The molecule has 0 radical (unpaired) electrons. The van der Waals surface area contributed by atoms with Gasteiger partial charge in [-0.1, -0.05) is 125 Å². The van der Waals surface area contributed by atoms with E-state index in [9.17, 15) is 19.0 Å². The van der Waals surface area contributed by atoms with Gasteiger partial charge in [0.2, 0.25) is 0 Å². The number of ether oxygens (including phenoxy) is 2. The molecule has 4 N–H and O–H groups in total. The van der Waals surface area contributed by atoms with E-state index in [2.05, 4.69) is 91.3 Å². The van der Waals surface area contributed by atoms with Gasteiger partial charge in [0.05, 0.1) is 19.8 Å². The maximum absolute atomic E-state index is 12.6. The molecule has 11 heteroatoms. The number of carbonyl (C=O) groups is 2. The SMILES string of the molecule is CC/C=C\C/C=C\C/C=C\C/C=C\CCCCCOCC(COP(=O)(O)OCC(N)C(=O)O)OC(=O)CCCCCCC/C=C\C/C=C\CCCC. The summed E-state index contributed by atoms with van der Waals surface area (Å²) in [7, 11) is -4.63. The summed E-state index contributed by atoms with van der Waals surface area (Å²) >= 11 is 0. The predicted molar refractivity (Wildman–Crippen MR) is 212 cm³/mol. The standard InChI is InChI=1S/C41H70NO9P/c1-3-5-7-9-11-13-15-17-19-20-22-24-26-28-30-32-34-48-35-38(36-49-52(46,47)50-37-39(42)41(44)45)51-40(43)33-31-29-27-25-23-21-18-16-14-12-10-8-6-4-2/h5,7,10-13,16-19,22,24,38-39H,3-4,6,8-9,14-15,20-21,23,25-37,42H2,1-2H3,(H,44,45)(H,46,47)/b7-5-,12-10-,13-11-,18-16-,19-17-,24-22-. The highest BCUT2D eigenvalue weighted by atomic mass is 31.2. The van der Waals surface area contributed by atoms with Crippen molar-refractivity contribution in [1.82, 2.24) is 0 Å². The summed E-state index contributed by atoms with van der Waals surface area (Å²) in [6.45, 7) is 3.60. The zero-order valence-electron chi connectivity index (χ0n) is 32.1. The highest BCUT2D eigenvalue weighted by Gasteiger charge is 2.27. The zero-order valence-corrected chi connectivity index (χ0v) is 33.0. The van der Waals surface area contributed by atoms with Crippen LogP contribution in [0.15, 0.2) is 72.9 Å². The van der Waals surface area contributed by atoms with E-state index in [0.29, 0.717) is 13.0 Å². The normalized spacial score (nSPS) is 14.8. The number of hydrogen-bond acceptors (Lipinski definition) is 8. The predicted octanol–water partition coefficient (Wildman–Crippen LogP) is 10.2. The van der Waals surface area contributed by atoms with Crippen LogP contribution >= 0.6 is 7.82 Å². The van der Waals surface area contributed by atoms with Gasteiger partial charge in [-0.2, -0.15) is 0 Å². The molecule has 0 aromatic heterocycles. The number of phosphoric ester groups is 1. The molecule has 3 atom stereocenters. The molecular weight excluding hydrogens is 681 g/mol. The molecule has 298 valence electrons. The number of carboxylic acid groups (broad SMARTS) is 1. The third-order valence-corrected chi connectivity index (χ3v) is 8.67. The molecule has 0 aliphatic rings.